The number of amides is 3. The Labute approximate surface area is 243 Å². The van der Waals surface area contributed by atoms with Gasteiger partial charge < -0.3 is 19.5 Å². The Kier molecular flexibility index (Phi) is 11.9. The highest BCUT2D eigenvalue weighted by molar-refractivity contribution is 8.18. The van der Waals surface area contributed by atoms with Crippen LogP contribution in [0.2, 0.25) is 5.02 Å². The summed E-state index contributed by atoms with van der Waals surface area (Å²) in [6, 6.07) is 9.67. The van der Waals surface area contributed by atoms with Gasteiger partial charge in [-0.3, -0.25) is 19.3 Å². The second-order valence-electron chi connectivity index (χ2n) is 8.84. The monoisotopic (exact) mass is 588 g/mol. The second-order valence-corrected chi connectivity index (χ2v) is 10.2. The van der Waals surface area contributed by atoms with Gasteiger partial charge in [-0.2, -0.15) is 0 Å². The fourth-order valence-corrected chi connectivity index (χ4v) is 4.64. The third kappa shape index (κ3) is 8.50. The van der Waals surface area contributed by atoms with Gasteiger partial charge in [0.1, 0.15) is 6.54 Å². The number of halogens is 1. The Morgan fingerprint density at radius 3 is 2.45 bits per heavy atom. The van der Waals surface area contributed by atoms with Crippen LogP contribution in [0.4, 0.5) is 10.5 Å². The van der Waals surface area contributed by atoms with Gasteiger partial charge in [0.25, 0.3) is 11.1 Å². The van der Waals surface area contributed by atoms with Gasteiger partial charge in [0.05, 0.1) is 35.3 Å². The molecule has 9 nitrogen and oxygen atoms in total. The number of nitrogens with one attached hydrogen (secondary N) is 1. The fourth-order valence-electron chi connectivity index (χ4n) is 3.61. The summed E-state index contributed by atoms with van der Waals surface area (Å²) in [5.74, 6) is -0.635. The fraction of sp³-hybridized carbons (Fsp3) is 0.379. The predicted molar refractivity (Wildman–Crippen MR) is 156 cm³/mol. The lowest BCUT2D eigenvalue weighted by Crippen LogP contribution is -2.36. The number of thioether (sulfide) groups is 1. The summed E-state index contributed by atoms with van der Waals surface area (Å²) in [6.45, 7) is 6.70. The topological polar surface area (TPSA) is 111 Å². The highest BCUT2D eigenvalue weighted by atomic mass is 35.5. The van der Waals surface area contributed by atoms with Crippen molar-refractivity contribution in [3.05, 3.63) is 57.5 Å². The zero-order valence-corrected chi connectivity index (χ0v) is 24.4. The van der Waals surface area contributed by atoms with Crippen LogP contribution in [-0.2, 0) is 14.3 Å². The molecule has 1 aliphatic rings. The molecule has 1 heterocycles. The predicted octanol–water partition coefficient (Wildman–Crippen LogP) is 6.55. The smallest absolute Gasteiger partial charge is 0.339 e. The Morgan fingerprint density at radius 2 is 1.73 bits per heavy atom. The van der Waals surface area contributed by atoms with E-state index >= 15 is 0 Å². The highest BCUT2D eigenvalue weighted by Gasteiger charge is 2.36. The molecule has 1 aliphatic heterocycles. The van der Waals surface area contributed by atoms with Crippen molar-refractivity contribution in [2.45, 2.75) is 46.5 Å². The average molecular weight is 589 g/mol. The first-order valence-corrected chi connectivity index (χ1v) is 14.4. The van der Waals surface area contributed by atoms with E-state index in [0.717, 1.165) is 42.3 Å². The molecule has 3 rings (SSSR count). The zero-order valence-electron chi connectivity index (χ0n) is 22.8. The maximum absolute atomic E-state index is 13.0. The van der Waals surface area contributed by atoms with Crippen molar-refractivity contribution in [1.82, 2.24) is 4.90 Å². The second kappa shape index (κ2) is 15.3. The SMILES string of the molecule is CCCCOC(=O)c1cc(NC(=O)CN2C(=O)S/C(=C\c3ccc(OCCCC)c(OCC)c3)C2=O)ccc1Cl. The third-order valence-electron chi connectivity index (χ3n) is 5.70. The molecule has 0 unspecified atom stereocenters. The quantitative estimate of drug-likeness (QED) is 0.150. The minimum atomic E-state index is -0.608. The van der Waals surface area contributed by atoms with E-state index in [1.807, 2.05) is 13.8 Å². The first-order chi connectivity index (χ1) is 19.3. The molecule has 1 fully saturated rings. The minimum Gasteiger partial charge on any atom is -0.490 e. The molecule has 3 amide bonds. The van der Waals surface area contributed by atoms with Gasteiger partial charge in [-0.05, 0) is 73.5 Å². The normalized spacial score (nSPS) is 14.0. The van der Waals surface area contributed by atoms with E-state index in [4.69, 9.17) is 25.8 Å². The van der Waals surface area contributed by atoms with Gasteiger partial charge in [0.15, 0.2) is 11.5 Å². The standard InChI is InChI=1S/C29H33ClN2O7S/c1-4-7-13-38-23-12-9-19(15-24(23)37-6-3)16-25-27(34)32(29(36)40-25)18-26(33)31-20-10-11-22(30)21(17-20)28(35)39-14-8-5-2/h9-12,15-17H,4-8,13-14,18H2,1-3H3,(H,31,33)/b25-16-. The molecule has 0 spiro atoms. The molecule has 0 aliphatic carbocycles. The molecular weight excluding hydrogens is 556 g/mol. The number of hydrogen-bond acceptors (Lipinski definition) is 8. The summed E-state index contributed by atoms with van der Waals surface area (Å²) in [7, 11) is 0. The van der Waals surface area contributed by atoms with E-state index in [1.54, 1.807) is 24.3 Å². The van der Waals surface area contributed by atoms with Gasteiger partial charge >= 0.3 is 5.97 Å². The Hall–Kier alpha value is -3.50. The number of benzene rings is 2. The van der Waals surface area contributed by atoms with Crippen molar-refractivity contribution in [2.24, 2.45) is 0 Å². The van der Waals surface area contributed by atoms with E-state index in [2.05, 4.69) is 12.2 Å². The lowest BCUT2D eigenvalue weighted by Gasteiger charge is -2.13. The summed E-state index contributed by atoms with van der Waals surface area (Å²) in [4.78, 5) is 51.6. The van der Waals surface area contributed by atoms with Crippen molar-refractivity contribution in [3.8, 4) is 11.5 Å². The number of imide groups is 1. The number of anilines is 1. The molecule has 0 saturated carbocycles. The Morgan fingerprint density at radius 1 is 0.975 bits per heavy atom. The van der Waals surface area contributed by atoms with Crippen LogP contribution in [0.5, 0.6) is 11.5 Å². The van der Waals surface area contributed by atoms with Gasteiger partial charge in [0.2, 0.25) is 5.91 Å². The number of carbonyl (C=O) groups is 4. The van der Waals surface area contributed by atoms with E-state index in [9.17, 15) is 19.2 Å². The van der Waals surface area contributed by atoms with Crippen LogP contribution in [0.3, 0.4) is 0 Å². The molecule has 1 N–H and O–H groups in total. The van der Waals surface area contributed by atoms with Crippen LogP contribution in [-0.4, -0.2) is 54.3 Å². The number of ether oxygens (including phenoxy) is 3. The number of hydrogen-bond donors (Lipinski definition) is 1. The molecule has 0 atom stereocenters. The molecule has 1 saturated heterocycles. The summed E-state index contributed by atoms with van der Waals surface area (Å²) in [6.07, 6.45) is 5.09. The van der Waals surface area contributed by atoms with Gasteiger partial charge in [0, 0.05) is 5.69 Å². The van der Waals surface area contributed by atoms with E-state index in [1.165, 1.54) is 18.2 Å². The number of carbonyl (C=O) groups excluding carboxylic acids is 4. The van der Waals surface area contributed by atoms with Gasteiger partial charge in [-0.15, -0.1) is 0 Å². The molecule has 40 heavy (non-hydrogen) atoms. The number of rotatable bonds is 14. The Balaban J connectivity index is 1.67. The van der Waals surface area contributed by atoms with Crippen molar-refractivity contribution >= 4 is 58.1 Å². The largest absolute Gasteiger partial charge is 0.490 e. The maximum atomic E-state index is 13.0. The summed E-state index contributed by atoms with van der Waals surface area (Å²) in [5.41, 5.74) is 1.04. The first kappa shape index (κ1) is 31.0. The Bertz CT molecular complexity index is 1280. The summed E-state index contributed by atoms with van der Waals surface area (Å²) in [5, 5.41) is 2.22. The van der Waals surface area contributed by atoms with E-state index < -0.39 is 29.6 Å². The van der Waals surface area contributed by atoms with Crippen LogP contribution >= 0.6 is 23.4 Å². The average Bonchev–Trinajstić information content (AvgIpc) is 3.18. The van der Waals surface area contributed by atoms with E-state index in [-0.39, 0.29) is 27.8 Å². The first-order valence-electron chi connectivity index (χ1n) is 13.2. The molecule has 2 aromatic carbocycles. The van der Waals surface area contributed by atoms with Crippen LogP contribution < -0.4 is 14.8 Å². The molecule has 0 aromatic heterocycles. The van der Waals surface area contributed by atoms with Crippen LogP contribution in [0.1, 0.15) is 62.4 Å². The molecular formula is C29H33ClN2O7S. The van der Waals surface area contributed by atoms with Crippen LogP contribution in [0.15, 0.2) is 41.3 Å². The number of nitrogens with zero attached hydrogens (tertiary/aromatic N) is 1. The van der Waals surface area contributed by atoms with Gasteiger partial charge in [-0.25, -0.2) is 4.79 Å². The summed E-state index contributed by atoms with van der Waals surface area (Å²) >= 11 is 6.88. The van der Waals surface area contributed by atoms with Crippen molar-refractivity contribution in [2.75, 3.05) is 31.7 Å². The molecule has 0 bridgehead atoms. The van der Waals surface area contributed by atoms with Crippen LogP contribution in [0, 0.1) is 0 Å². The minimum absolute atomic E-state index is 0.109. The summed E-state index contributed by atoms with van der Waals surface area (Å²) < 4.78 is 16.7. The molecule has 2 aromatic rings. The van der Waals surface area contributed by atoms with Gasteiger partial charge in [-0.1, -0.05) is 44.4 Å². The molecule has 214 valence electrons. The van der Waals surface area contributed by atoms with Crippen LogP contribution in [0.25, 0.3) is 6.08 Å². The van der Waals surface area contributed by atoms with E-state index in [0.29, 0.717) is 30.3 Å². The number of unbranched alkanes of at least 4 members (excludes halogenated alkanes) is 2. The van der Waals surface area contributed by atoms with Crippen molar-refractivity contribution in [1.29, 1.82) is 0 Å². The van der Waals surface area contributed by atoms with Crippen molar-refractivity contribution in [3.63, 3.8) is 0 Å². The molecule has 11 heteroatoms. The number of esters is 1. The lowest BCUT2D eigenvalue weighted by atomic mass is 10.2. The zero-order chi connectivity index (χ0) is 29.1. The molecule has 0 radical (unpaired) electrons. The maximum Gasteiger partial charge on any atom is 0.339 e. The van der Waals surface area contributed by atoms with Crippen molar-refractivity contribution < 1.29 is 33.4 Å². The highest BCUT2D eigenvalue weighted by Crippen LogP contribution is 2.35. The lowest BCUT2D eigenvalue weighted by molar-refractivity contribution is -0.127. The third-order valence-corrected chi connectivity index (χ3v) is 6.93.